The van der Waals surface area contributed by atoms with E-state index in [1.54, 1.807) is 11.1 Å². The monoisotopic (exact) mass is 406 g/mol. The summed E-state index contributed by atoms with van der Waals surface area (Å²) in [6.07, 6.45) is 2.24. The Hall–Kier alpha value is -3.10. The number of rotatable bonds is 6. The van der Waals surface area contributed by atoms with E-state index in [9.17, 15) is 22.8 Å². The third-order valence-electron chi connectivity index (χ3n) is 4.67. The van der Waals surface area contributed by atoms with Crippen molar-refractivity contribution in [2.24, 2.45) is 0 Å². The molecule has 29 heavy (non-hydrogen) atoms. The molecule has 154 valence electrons. The van der Waals surface area contributed by atoms with E-state index in [4.69, 9.17) is 0 Å². The Morgan fingerprint density at radius 1 is 1.00 bits per heavy atom. The molecule has 0 atom stereocenters. The van der Waals surface area contributed by atoms with Crippen molar-refractivity contribution in [1.29, 1.82) is 0 Å². The number of carbonyl (C=O) groups excluding carboxylic acids is 2. The summed E-state index contributed by atoms with van der Waals surface area (Å²) in [4.78, 5) is 32.4. The van der Waals surface area contributed by atoms with Gasteiger partial charge < -0.3 is 15.1 Å². The van der Waals surface area contributed by atoms with Crippen molar-refractivity contribution in [3.05, 3.63) is 54.0 Å². The maximum absolute atomic E-state index is 13.2. The normalized spacial score (nSPS) is 14.0. The second kappa shape index (κ2) is 9.40. The van der Waals surface area contributed by atoms with E-state index in [1.807, 2.05) is 18.2 Å². The van der Waals surface area contributed by atoms with Crippen LogP contribution in [0, 0.1) is 17.5 Å². The number of aromatic nitrogens is 1. The van der Waals surface area contributed by atoms with Crippen LogP contribution >= 0.6 is 0 Å². The van der Waals surface area contributed by atoms with Gasteiger partial charge in [0.2, 0.25) is 11.8 Å². The molecule has 6 nitrogen and oxygen atoms in total. The van der Waals surface area contributed by atoms with Crippen molar-refractivity contribution in [3.8, 4) is 0 Å². The van der Waals surface area contributed by atoms with E-state index in [2.05, 4.69) is 15.2 Å². The Morgan fingerprint density at radius 2 is 1.69 bits per heavy atom. The topological polar surface area (TPSA) is 65.5 Å². The number of piperazine rings is 1. The van der Waals surface area contributed by atoms with Crippen molar-refractivity contribution in [2.75, 3.05) is 36.4 Å². The van der Waals surface area contributed by atoms with Gasteiger partial charge in [-0.3, -0.25) is 9.59 Å². The summed E-state index contributed by atoms with van der Waals surface area (Å²) in [5.74, 6) is -4.00. The van der Waals surface area contributed by atoms with Crippen LogP contribution in [0.4, 0.5) is 24.7 Å². The van der Waals surface area contributed by atoms with Crippen molar-refractivity contribution in [1.82, 2.24) is 9.88 Å². The molecule has 1 fully saturated rings. The fraction of sp³-hybridized carbons (Fsp3) is 0.350. The first-order valence-electron chi connectivity index (χ1n) is 9.32. The molecule has 0 saturated carbocycles. The molecule has 0 spiro atoms. The predicted octanol–water partition coefficient (Wildman–Crippen LogP) is 2.96. The van der Waals surface area contributed by atoms with Crippen LogP contribution in [0.25, 0.3) is 0 Å². The summed E-state index contributed by atoms with van der Waals surface area (Å²) in [5, 5.41) is 2.30. The first-order chi connectivity index (χ1) is 13.9. The molecule has 9 heteroatoms. The van der Waals surface area contributed by atoms with Crippen LogP contribution in [0.5, 0.6) is 0 Å². The lowest BCUT2D eigenvalue weighted by molar-refractivity contribution is -0.131. The van der Waals surface area contributed by atoms with Gasteiger partial charge in [-0.25, -0.2) is 18.2 Å². The Labute approximate surface area is 166 Å². The number of amides is 2. The third-order valence-corrected chi connectivity index (χ3v) is 4.67. The summed E-state index contributed by atoms with van der Waals surface area (Å²) in [6.45, 7) is 2.53. The number of hydrogen-bond acceptors (Lipinski definition) is 4. The van der Waals surface area contributed by atoms with E-state index in [0.29, 0.717) is 44.7 Å². The zero-order chi connectivity index (χ0) is 20.8. The maximum Gasteiger partial charge on any atom is 0.224 e. The minimum absolute atomic E-state index is 0.0141. The number of pyridine rings is 1. The molecule has 1 aliphatic heterocycles. The summed E-state index contributed by atoms with van der Waals surface area (Å²) < 4.78 is 39.3. The Morgan fingerprint density at radius 3 is 2.31 bits per heavy atom. The average Bonchev–Trinajstić information content (AvgIpc) is 2.72. The molecule has 2 aromatic rings. The van der Waals surface area contributed by atoms with E-state index in [-0.39, 0.29) is 24.4 Å². The minimum Gasteiger partial charge on any atom is -0.353 e. The molecular weight excluding hydrogens is 385 g/mol. The molecule has 1 aromatic heterocycles. The number of halogens is 3. The minimum atomic E-state index is -1.59. The van der Waals surface area contributed by atoms with Gasteiger partial charge in [0.1, 0.15) is 5.82 Å². The molecule has 1 N–H and O–H groups in total. The number of carbonyl (C=O) groups is 2. The molecule has 1 aromatic carbocycles. The van der Waals surface area contributed by atoms with Gasteiger partial charge >= 0.3 is 0 Å². The number of benzene rings is 1. The largest absolute Gasteiger partial charge is 0.353 e. The lowest BCUT2D eigenvalue weighted by Crippen LogP contribution is -2.49. The smallest absolute Gasteiger partial charge is 0.224 e. The van der Waals surface area contributed by atoms with Gasteiger partial charge in [-0.15, -0.1) is 0 Å². The van der Waals surface area contributed by atoms with Crippen LogP contribution in [0.1, 0.15) is 19.3 Å². The van der Waals surface area contributed by atoms with Crippen LogP contribution in [0.3, 0.4) is 0 Å². The second-order valence-corrected chi connectivity index (χ2v) is 6.71. The molecule has 0 radical (unpaired) electrons. The van der Waals surface area contributed by atoms with Crippen molar-refractivity contribution >= 4 is 23.3 Å². The molecule has 1 aliphatic rings. The summed E-state index contributed by atoms with van der Waals surface area (Å²) in [7, 11) is 0. The van der Waals surface area contributed by atoms with Crippen LogP contribution < -0.4 is 10.2 Å². The summed E-state index contributed by atoms with van der Waals surface area (Å²) in [5.41, 5.74) is -0.164. The SMILES string of the molecule is O=C(CCCC(=O)N1CCN(c2ccccn2)CC1)Nc1cc(F)c(F)c(F)c1. The van der Waals surface area contributed by atoms with Crippen molar-refractivity contribution < 1.29 is 22.8 Å². The maximum atomic E-state index is 13.2. The molecule has 2 amide bonds. The highest BCUT2D eigenvalue weighted by molar-refractivity contribution is 5.91. The number of nitrogens with zero attached hydrogens (tertiary/aromatic N) is 3. The van der Waals surface area contributed by atoms with Gasteiger partial charge in [0.25, 0.3) is 0 Å². The van der Waals surface area contributed by atoms with Crippen molar-refractivity contribution in [3.63, 3.8) is 0 Å². The van der Waals surface area contributed by atoms with E-state index in [0.717, 1.165) is 5.82 Å². The highest BCUT2D eigenvalue weighted by Gasteiger charge is 2.21. The van der Waals surface area contributed by atoms with E-state index in [1.165, 1.54) is 0 Å². The third kappa shape index (κ3) is 5.46. The molecule has 1 saturated heterocycles. The van der Waals surface area contributed by atoms with Gasteiger partial charge in [-0.05, 0) is 18.6 Å². The number of anilines is 2. The molecular formula is C20H21F3N4O2. The average molecular weight is 406 g/mol. The lowest BCUT2D eigenvalue weighted by Gasteiger charge is -2.35. The first-order valence-corrected chi connectivity index (χ1v) is 9.32. The second-order valence-electron chi connectivity index (χ2n) is 6.71. The fourth-order valence-corrected chi connectivity index (χ4v) is 3.14. The Balaban J connectivity index is 1.39. The van der Waals surface area contributed by atoms with Crippen LogP contribution in [-0.2, 0) is 9.59 Å². The van der Waals surface area contributed by atoms with E-state index >= 15 is 0 Å². The highest BCUT2D eigenvalue weighted by Crippen LogP contribution is 2.18. The molecule has 0 bridgehead atoms. The standard InChI is InChI=1S/C20H21F3N4O2/c21-15-12-14(13-16(22)20(15)23)25-18(28)5-3-6-19(29)27-10-8-26(9-11-27)17-4-1-2-7-24-17/h1-2,4,7,12-13H,3,5-6,8-11H2,(H,25,28). The molecule has 0 unspecified atom stereocenters. The van der Waals surface area contributed by atoms with Crippen LogP contribution in [0.2, 0.25) is 0 Å². The lowest BCUT2D eigenvalue weighted by atomic mass is 10.2. The molecule has 3 rings (SSSR count). The van der Waals surface area contributed by atoms with Gasteiger partial charge in [0.05, 0.1) is 0 Å². The first kappa shape index (κ1) is 20.6. The Bertz CT molecular complexity index is 848. The zero-order valence-corrected chi connectivity index (χ0v) is 15.7. The van der Waals surface area contributed by atoms with Gasteiger partial charge in [-0.2, -0.15) is 0 Å². The number of nitrogens with one attached hydrogen (secondary N) is 1. The van der Waals surface area contributed by atoms with Crippen LogP contribution in [0.15, 0.2) is 36.5 Å². The van der Waals surface area contributed by atoms with Crippen LogP contribution in [-0.4, -0.2) is 47.9 Å². The van der Waals surface area contributed by atoms with Crippen molar-refractivity contribution in [2.45, 2.75) is 19.3 Å². The summed E-state index contributed by atoms with van der Waals surface area (Å²) >= 11 is 0. The zero-order valence-electron chi connectivity index (χ0n) is 15.7. The quantitative estimate of drug-likeness (QED) is 0.750. The fourth-order valence-electron chi connectivity index (χ4n) is 3.14. The summed E-state index contributed by atoms with van der Waals surface area (Å²) in [6, 6.07) is 7.11. The molecule has 0 aliphatic carbocycles. The van der Waals surface area contributed by atoms with Gasteiger partial charge in [0.15, 0.2) is 17.5 Å². The Kier molecular flexibility index (Phi) is 6.69. The molecule has 2 heterocycles. The highest BCUT2D eigenvalue weighted by atomic mass is 19.2. The van der Waals surface area contributed by atoms with E-state index < -0.39 is 23.4 Å². The van der Waals surface area contributed by atoms with Gasteiger partial charge in [-0.1, -0.05) is 6.07 Å². The number of hydrogen-bond donors (Lipinski definition) is 1. The predicted molar refractivity (Wildman–Crippen MR) is 102 cm³/mol. The van der Waals surface area contributed by atoms with Gasteiger partial charge in [0, 0.05) is 63.0 Å².